The molecule has 6 nitrogen and oxygen atoms in total. The van der Waals surface area contributed by atoms with Crippen molar-refractivity contribution < 1.29 is 4.79 Å². The number of anilines is 2. The lowest BCUT2D eigenvalue weighted by Gasteiger charge is -2.16. The Morgan fingerprint density at radius 1 is 1.36 bits per heavy atom. The SMILES string of the molecule is CN(C(N)=O)c1cccc(NCc2ccnc3[nH]ccc23)c1. The van der Waals surface area contributed by atoms with Gasteiger partial charge < -0.3 is 16.0 Å². The summed E-state index contributed by atoms with van der Waals surface area (Å²) in [5.41, 5.74) is 8.99. The number of hydrogen-bond acceptors (Lipinski definition) is 3. The average Bonchev–Trinajstić information content (AvgIpc) is 3.01. The summed E-state index contributed by atoms with van der Waals surface area (Å²) in [6.07, 6.45) is 3.66. The standard InChI is InChI=1S/C16H17N5O/c1-21(16(17)22)13-4-2-3-12(9-13)20-10-11-5-7-18-15-14(11)6-8-19-15/h2-9,20H,10H2,1H3,(H2,17,22)(H,18,19). The van der Waals surface area contributed by atoms with E-state index in [2.05, 4.69) is 15.3 Å². The molecule has 4 N–H and O–H groups in total. The topological polar surface area (TPSA) is 87.0 Å². The fourth-order valence-corrected chi connectivity index (χ4v) is 2.32. The second-order valence-corrected chi connectivity index (χ2v) is 5.01. The molecule has 0 unspecified atom stereocenters. The molecule has 112 valence electrons. The van der Waals surface area contributed by atoms with Gasteiger partial charge in [-0.3, -0.25) is 4.90 Å². The van der Waals surface area contributed by atoms with Crippen LogP contribution in [0.3, 0.4) is 0 Å². The molecule has 0 fully saturated rings. The lowest BCUT2D eigenvalue weighted by Crippen LogP contribution is -2.31. The van der Waals surface area contributed by atoms with Crippen LogP contribution in [0.1, 0.15) is 5.56 Å². The minimum Gasteiger partial charge on any atom is -0.381 e. The first kappa shape index (κ1) is 13.9. The third kappa shape index (κ3) is 2.71. The summed E-state index contributed by atoms with van der Waals surface area (Å²) < 4.78 is 0. The van der Waals surface area contributed by atoms with Gasteiger partial charge in [-0.05, 0) is 35.9 Å². The van der Waals surface area contributed by atoms with Gasteiger partial charge in [-0.2, -0.15) is 0 Å². The molecule has 3 aromatic rings. The van der Waals surface area contributed by atoms with Crippen LogP contribution in [0.5, 0.6) is 0 Å². The molecule has 2 amide bonds. The number of benzene rings is 1. The van der Waals surface area contributed by atoms with Crippen LogP contribution in [0.25, 0.3) is 11.0 Å². The van der Waals surface area contributed by atoms with Crippen LogP contribution in [0.2, 0.25) is 0 Å². The Kier molecular flexibility index (Phi) is 3.65. The van der Waals surface area contributed by atoms with E-state index in [4.69, 9.17) is 5.73 Å². The lowest BCUT2D eigenvalue weighted by molar-refractivity contribution is 0.255. The monoisotopic (exact) mass is 295 g/mol. The van der Waals surface area contributed by atoms with E-state index in [1.807, 2.05) is 42.6 Å². The van der Waals surface area contributed by atoms with E-state index in [0.29, 0.717) is 6.54 Å². The van der Waals surface area contributed by atoms with Crippen molar-refractivity contribution in [2.24, 2.45) is 5.73 Å². The quantitative estimate of drug-likeness (QED) is 0.691. The molecule has 2 heterocycles. The van der Waals surface area contributed by atoms with Gasteiger partial charge in [0, 0.05) is 42.7 Å². The van der Waals surface area contributed by atoms with Gasteiger partial charge in [0.1, 0.15) is 5.65 Å². The fourth-order valence-electron chi connectivity index (χ4n) is 2.32. The van der Waals surface area contributed by atoms with Crippen molar-refractivity contribution in [1.29, 1.82) is 0 Å². The molecule has 6 heteroatoms. The zero-order chi connectivity index (χ0) is 15.5. The molecule has 0 aliphatic carbocycles. The molecule has 1 aromatic carbocycles. The molecular formula is C16H17N5O. The number of pyridine rings is 1. The summed E-state index contributed by atoms with van der Waals surface area (Å²) in [5.74, 6) is 0. The zero-order valence-electron chi connectivity index (χ0n) is 12.2. The van der Waals surface area contributed by atoms with Crippen LogP contribution >= 0.6 is 0 Å². The largest absolute Gasteiger partial charge is 0.381 e. The van der Waals surface area contributed by atoms with Gasteiger partial charge in [0.15, 0.2) is 0 Å². The van der Waals surface area contributed by atoms with Gasteiger partial charge in [0.05, 0.1) is 0 Å². The molecule has 0 aliphatic heterocycles. The van der Waals surface area contributed by atoms with Gasteiger partial charge in [0.25, 0.3) is 0 Å². The van der Waals surface area contributed by atoms with E-state index < -0.39 is 6.03 Å². The van der Waals surface area contributed by atoms with Gasteiger partial charge >= 0.3 is 6.03 Å². The zero-order valence-corrected chi connectivity index (χ0v) is 12.2. The minimum absolute atomic E-state index is 0.486. The van der Waals surface area contributed by atoms with Crippen LogP contribution in [0.4, 0.5) is 16.2 Å². The van der Waals surface area contributed by atoms with Crippen molar-refractivity contribution >= 4 is 28.4 Å². The molecule has 0 atom stereocenters. The van der Waals surface area contributed by atoms with E-state index in [9.17, 15) is 4.79 Å². The third-order valence-electron chi connectivity index (χ3n) is 3.60. The second-order valence-electron chi connectivity index (χ2n) is 5.01. The number of nitrogens with zero attached hydrogens (tertiary/aromatic N) is 2. The molecule has 3 rings (SSSR count). The predicted octanol–water partition coefficient (Wildman–Crippen LogP) is 2.69. The van der Waals surface area contributed by atoms with Crippen molar-refractivity contribution in [3.05, 3.63) is 54.4 Å². The van der Waals surface area contributed by atoms with Crippen molar-refractivity contribution in [2.45, 2.75) is 6.54 Å². The van der Waals surface area contributed by atoms with Crippen LogP contribution in [-0.2, 0) is 6.54 Å². The number of carbonyl (C=O) groups excluding carboxylic acids is 1. The van der Waals surface area contributed by atoms with E-state index in [-0.39, 0.29) is 0 Å². The van der Waals surface area contributed by atoms with E-state index in [0.717, 1.165) is 28.0 Å². The molecule has 0 saturated carbocycles. The van der Waals surface area contributed by atoms with Crippen LogP contribution in [0, 0.1) is 0 Å². The lowest BCUT2D eigenvalue weighted by atomic mass is 10.2. The Morgan fingerprint density at radius 3 is 3.05 bits per heavy atom. The van der Waals surface area contributed by atoms with Crippen molar-refractivity contribution in [3.63, 3.8) is 0 Å². The number of nitrogens with one attached hydrogen (secondary N) is 2. The number of rotatable bonds is 4. The highest BCUT2D eigenvalue weighted by molar-refractivity contribution is 5.90. The number of amides is 2. The maximum absolute atomic E-state index is 11.2. The van der Waals surface area contributed by atoms with Crippen molar-refractivity contribution in [2.75, 3.05) is 17.3 Å². The maximum atomic E-state index is 11.2. The summed E-state index contributed by atoms with van der Waals surface area (Å²) in [4.78, 5) is 20.0. The number of aromatic nitrogens is 2. The number of urea groups is 1. The first-order valence-electron chi connectivity index (χ1n) is 6.93. The summed E-state index contributed by atoms with van der Waals surface area (Å²) in [6, 6.07) is 11.1. The number of nitrogens with two attached hydrogens (primary N) is 1. The fraction of sp³-hybridized carbons (Fsp3) is 0.125. The minimum atomic E-state index is -0.486. The number of fused-ring (bicyclic) bond motifs is 1. The number of carbonyl (C=O) groups is 1. The van der Waals surface area contributed by atoms with Crippen LogP contribution in [-0.4, -0.2) is 23.0 Å². The summed E-state index contributed by atoms with van der Waals surface area (Å²) in [5, 5.41) is 4.45. The molecule has 0 aliphatic rings. The molecule has 0 radical (unpaired) electrons. The molecule has 0 saturated heterocycles. The van der Waals surface area contributed by atoms with Gasteiger partial charge in [-0.15, -0.1) is 0 Å². The number of H-pyrrole nitrogens is 1. The van der Waals surface area contributed by atoms with Crippen molar-refractivity contribution in [3.8, 4) is 0 Å². The maximum Gasteiger partial charge on any atom is 0.318 e. The Bertz CT molecular complexity index is 811. The molecule has 0 spiro atoms. The van der Waals surface area contributed by atoms with E-state index >= 15 is 0 Å². The van der Waals surface area contributed by atoms with Gasteiger partial charge in [-0.25, -0.2) is 9.78 Å². The molecular weight excluding hydrogens is 278 g/mol. The summed E-state index contributed by atoms with van der Waals surface area (Å²) in [6.45, 7) is 0.667. The highest BCUT2D eigenvalue weighted by Crippen LogP contribution is 2.20. The Balaban J connectivity index is 1.78. The average molecular weight is 295 g/mol. The molecule has 2 aromatic heterocycles. The highest BCUT2D eigenvalue weighted by atomic mass is 16.2. The number of aromatic amines is 1. The number of hydrogen-bond donors (Lipinski definition) is 3. The van der Waals surface area contributed by atoms with Crippen molar-refractivity contribution in [1.82, 2.24) is 9.97 Å². The number of primary amides is 1. The Morgan fingerprint density at radius 2 is 2.23 bits per heavy atom. The summed E-state index contributed by atoms with van der Waals surface area (Å²) in [7, 11) is 1.65. The van der Waals surface area contributed by atoms with Gasteiger partial charge in [-0.1, -0.05) is 6.07 Å². The highest BCUT2D eigenvalue weighted by Gasteiger charge is 2.07. The molecule has 22 heavy (non-hydrogen) atoms. The first-order valence-corrected chi connectivity index (χ1v) is 6.93. The smallest absolute Gasteiger partial charge is 0.318 e. The Hall–Kier alpha value is -3.02. The second kappa shape index (κ2) is 5.77. The third-order valence-corrected chi connectivity index (χ3v) is 3.60. The normalized spacial score (nSPS) is 10.6. The van der Waals surface area contributed by atoms with Crippen LogP contribution in [0.15, 0.2) is 48.8 Å². The Labute approximate surface area is 128 Å². The molecule has 0 bridgehead atoms. The van der Waals surface area contributed by atoms with Crippen LogP contribution < -0.4 is 16.0 Å². The summed E-state index contributed by atoms with van der Waals surface area (Å²) >= 11 is 0. The first-order chi connectivity index (χ1) is 10.6. The van der Waals surface area contributed by atoms with E-state index in [1.165, 1.54) is 4.90 Å². The van der Waals surface area contributed by atoms with E-state index in [1.54, 1.807) is 13.2 Å². The van der Waals surface area contributed by atoms with Gasteiger partial charge in [0.2, 0.25) is 0 Å². The predicted molar refractivity (Wildman–Crippen MR) is 87.8 cm³/mol.